The van der Waals surface area contributed by atoms with Gasteiger partial charge in [-0.15, -0.1) is 0 Å². The Kier molecular flexibility index (Phi) is 2.32. The fourth-order valence-electron chi connectivity index (χ4n) is 2.54. The van der Waals surface area contributed by atoms with E-state index in [4.69, 9.17) is 4.42 Å². The van der Waals surface area contributed by atoms with Crippen molar-refractivity contribution in [1.82, 2.24) is 4.98 Å². The summed E-state index contributed by atoms with van der Waals surface area (Å²) in [6, 6.07) is 8.07. The lowest BCUT2D eigenvalue weighted by Crippen LogP contribution is -2.04. The first-order valence-corrected chi connectivity index (χ1v) is 6.17. The third-order valence-electron chi connectivity index (χ3n) is 4.04. The number of hydrogen-bond donors (Lipinski definition) is 0. The zero-order valence-corrected chi connectivity index (χ0v) is 10.3. The largest absolute Gasteiger partial charge is 0.463 e. The minimum Gasteiger partial charge on any atom is -0.463 e. The zero-order chi connectivity index (χ0) is 11.9. The average molecular weight is 227 g/mol. The van der Waals surface area contributed by atoms with Gasteiger partial charge in [0.2, 0.25) is 0 Å². The Labute approximate surface area is 102 Å². The van der Waals surface area contributed by atoms with E-state index >= 15 is 0 Å². The van der Waals surface area contributed by atoms with Crippen molar-refractivity contribution in [2.24, 2.45) is 11.3 Å². The molecule has 2 aromatic rings. The highest BCUT2D eigenvalue weighted by Crippen LogP contribution is 2.54. The number of furan rings is 1. The summed E-state index contributed by atoms with van der Waals surface area (Å²) < 4.78 is 5.46. The molecule has 0 N–H and O–H groups in total. The third-order valence-corrected chi connectivity index (χ3v) is 4.04. The summed E-state index contributed by atoms with van der Waals surface area (Å²) in [4.78, 5) is 4.46. The molecular weight excluding hydrogens is 210 g/mol. The lowest BCUT2D eigenvalue weighted by atomic mass is 9.95. The smallest absolute Gasteiger partial charge is 0.152 e. The molecule has 1 fully saturated rings. The molecule has 2 heteroatoms. The molecule has 0 spiro atoms. The fourth-order valence-corrected chi connectivity index (χ4v) is 2.54. The van der Waals surface area contributed by atoms with Crippen LogP contribution in [0.3, 0.4) is 0 Å². The second kappa shape index (κ2) is 3.73. The first kappa shape index (κ1) is 10.6. The average Bonchev–Trinajstić information content (AvgIpc) is 2.75. The number of pyridine rings is 1. The third kappa shape index (κ3) is 1.88. The fraction of sp³-hybridized carbons (Fsp3) is 0.400. The van der Waals surface area contributed by atoms with Crippen LogP contribution in [0.2, 0.25) is 0 Å². The topological polar surface area (TPSA) is 26.0 Å². The van der Waals surface area contributed by atoms with Gasteiger partial charge in [-0.1, -0.05) is 19.9 Å². The molecule has 3 rings (SSSR count). The molecule has 0 aromatic carbocycles. The Hall–Kier alpha value is -1.57. The Morgan fingerprint density at radius 3 is 2.88 bits per heavy atom. The minimum atomic E-state index is 0.463. The Balaban J connectivity index is 1.95. The lowest BCUT2D eigenvalue weighted by Gasteiger charge is -2.12. The number of nitrogens with zero attached hydrogens (tertiary/aromatic N) is 1. The molecule has 2 heterocycles. The predicted molar refractivity (Wildman–Crippen MR) is 67.5 cm³/mol. The first-order chi connectivity index (χ1) is 8.19. The number of rotatable bonds is 3. The van der Waals surface area contributed by atoms with E-state index < -0.39 is 0 Å². The summed E-state index contributed by atoms with van der Waals surface area (Å²) in [5.74, 6) is 1.70. The van der Waals surface area contributed by atoms with Gasteiger partial charge >= 0.3 is 0 Å². The molecule has 0 bridgehead atoms. The molecule has 17 heavy (non-hydrogen) atoms. The van der Waals surface area contributed by atoms with Crippen molar-refractivity contribution in [3.05, 3.63) is 42.3 Å². The van der Waals surface area contributed by atoms with Gasteiger partial charge in [0.05, 0.1) is 6.26 Å². The quantitative estimate of drug-likeness (QED) is 0.794. The highest BCUT2D eigenvalue weighted by molar-refractivity contribution is 5.57. The van der Waals surface area contributed by atoms with Crippen LogP contribution in [0, 0.1) is 11.3 Å². The van der Waals surface area contributed by atoms with Crippen molar-refractivity contribution < 1.29 is 4.42 Å². The van der Waals surface area contributed by atoms with E-state index in [1.807, 2.05) is 24.4 Å². The monoisotopic (exact) mass is 227 g/mol. The zero-order valence-electron chi connectivity index (χ0n) is 10.3. The second-order valence-electron chi connectivity index (χ2n) is 5.42. The minimum absolute atomic E-state index is 0.463. The van der Waals surface area contributed by atoms with Crippen molar-refractivity contribution in [1.29, 1.82) is 0 Å². The van der Waals surface area contributed by atoms with E-state index in [1.165, 1.54) is 12.0 Å². The lowest BCUT2D eigenvalue weighted by molar-refractivity contribution is 0.515. The van der Waals surface area contributed by atoms with Gasteiger partial charge in [0, 0.05) is 6.20 Å². The van der Waals surface area contributed by atoms with Gasteiger partial charge in [-0.3, -0.25) is 4.98 Å². The molecule has 1 aliphatic carbocycles. The molecule has 2 unspecified atom stereocenters. The molecule has 2 nitrogen and oxygen atoms in total. The van der Waals surface area contributed by atoms with Gasteiger partial charge in [-0.25, -0.2) is 0 Å². The Bertz CT molecular complexity index is 517. The maximum atomic E-state index is 5.46. The van der Waals surface area contributed by atoms with Crippen molar-refractivity contribution in [2.45, 2.75) is 26.7 Å². The summed E-state index contributed by atoms with van der Waals surface area (Å²) in [7, 11) is 0. The van der Waals surface area contributed by atoms with Crippen LogP contribution in [0.15, 0.2) is 41.1 Å². The van der Waals surface area contributed by atoms with Crippen LogP contribution in [0.25, 0.3) is 11.5 Å². The highest BCUT2D eigenvalue weighted by atomic mass is 16.3. The summed E-state index contributed by atoms with van der Waals surface area (Å²) in [5.41, 5.74) is 2.76. The van der Waals surface area contributed by atoms with Crippen LogP contribution in [0.1, 0.15) is 25.8 Å². The van der Waals surface area contributed by atoms with Gasteiger partial charge in [-0.05, 0) is 47.9 Å². The normalized spacial score (nSPS) is 27.1. The van der Waals surface area contributed by atoms with E-state index in [0.717, 1.165) is 23.8 Å². The van der Waals surface area contributed by atoms with Crippen LogP contribution < -0.4 is 0 Å². The van der Waals surface area contributed by atoms with Gasteiger partial charge < -0.3 is 4.42 Å². The maximum absolute atomic E-state index is 5.46. The van der Waals surface area contributed by atoms with E-state index in [9.17, 15) is 0 Å². The number of hydrogen-bond acceptors (Lipinski definition) is 2. The summed E-state index contributed by atoms with van der Waals surface area (Å²) in [6.45, 7) is 4.68. The van der Waals surface area contributed by atoms with E-state index in [-0.39, 0.29) is 0 Å². The molecule has 0 amide bonds. The van der Waals surface area contributed by atoms with Crippen molar-refractivity contribution >= 4 is 0 Å². The van der Waals surface area contributed by atoms with Crippen LogP contribution in [-0.4, -0.2) is 4.98 Å². The molecule has 1 saturated carbocycles. The van der Waals surface area contributed by atoms with Crippen LogP contribution in [0.5, 0.6) is 0 Å². The first-order valence-electron chi connectivity index (χ1n) is 6.17. The van der Waals surface area contributed by atoms with Gasteiger partial charge in [0.15, 0.2) is 5.76 Å². The van der Waals surface area contributed by atoms with Crippen molar-refractivity contribution in [3.63, 3.8) is 0 Å². The van der Waals surface area contributed by atoms with Crippen LogP contribution in [0.4, 0.5) is 0 Å². The molecule has 1 aliphatic rings. The predicted octanol–water partition coefficient (Wildman–Crippen LogP) is 3.93. The standard InChI is InChI=1S/C15H17NO/c1-11-9-15(11,2)10-12-5-3-7-16-14(12)13-6-4-8-17-13/h3-8,11H,9-10H2,1-2H3. The van der Waals surface area contributed by atoms with Crippen molar-refractivity contribution in [3.8, 4) is 11.5 Å². The number of aromatic nitrogens is 1. The molecular formula is C15H17NO. The molecule has 88 valence electrons. The van der Waals surface area contributed by atoms with Crippen LogP contribution in [-0.2, 0) is 6.42 Å². The summed E-state index contributed by atoms with van der Waals surface area (Å²) in [6.07, 6.45) is 5.95. The maximum Gasteiger partial charge on any atom is 0.152 e. The van der Waals surface area contributed by atoms with Crippen LogP contribution >= 0.6 is 0 Å². The molecule has 0 aliphatic heterocycles. The molecule has 2 aromatic heterocycles. The van der Waals surface area contributed by atoms with Gasteiger partial charge in [-0.2, -0.15) is 0 Å². The molecule has 2 atom stereocenters. The molecule has 0 radical (unpaired) electrons. The SMILES string of the molecule is CC1CC1(C)Cc1cccnc1-c1ccco1. The van der Waals surface area contributed by atoms with Gasteiger partial charge in [0.25, 0.3) is 0 Å². The summed E-state index contributed by atoms with van der Waals surface area (Å²) >= 11 is 0. The van der Waals surface area contributed by atoms with E-state index in [1.54, 1.807) is 6.26 Å². The second-order valence-corrected chi connectivity index (χ2v) is 5.42. The Morgan fingerprint density at radius 1 is 1.41 bits per heavy atom. The van der Waals surface area contributed by atoms with E-state index in [0.29, 0.717) is 5.41 Å². The van der Waals surface area contributed by atoms with Gasteiger partial charge in [0.1, 0.15) is 5.69 Å². The molecule has 0 saturated heterocycles. The Morgan fingerprint density at radius 2 is 2.24 bits per heavy atom. The van der Waals surface area contributed by atoms with Crippen molar-refractivity contribution in [2.75, 3.05) is 0 Å². The highest BCUT2D eigenvalue weighted by Gasteiger charge is 2.46. The summed E-state index contributed by atoms with van der Waals surface area (Å²) in [5, 5.41) is 0. The van der Waals surface area contributed by atoms with E-state index in [2.05, 4.69) is 24.9 Å².